The van der Waals surface area contributed by atoms with Crippen LogP contribution in [0, 0.1) is 0 Å². The number of benzene rings is 4. The number of hydrogen-bond donors (Lipinski definition) is 0. The van der Waals surface area contributed by atoms with Gasteiger partial charge in [0.05, 0.1) is 17.4 Å². The number of hydrogen-bond acceptors (Lipinski definition) is 3. The number of hydrazone groups is 1. The van der Waals surface area contributed by atoms with Crippen LogP contribution in [-0.4, -0.2) is 11.5 Å². The smallest absolute Gasteiger partial charge is 0.185 e. The van der Waals surface area contributed by atoms with E-state index in [1.807, 2.05) is 60.7 Å². The van der Waals surface area contributed by atoms with E-state index in [1.54, 1.807) is 6.08 Å². The Hall–Kier alpha value is -3.28. The minimum atomic E-state index is -0.0199. The van der Waals surface area contributed by atoms with E-state index in [2.05, 4.69) is 85.4 Å². The quantitative estimate of drug-likeness (QED) is 0.168. The normalized spacial score (nSPS) is 15.4. The highest BCUT2D eigenvalue weighted by Gasteiger charge is 2.29. The topological polar surface area (TPSA) is 32.7 Å². The highest BCUT2D eigenvalue weighted by atomic mass is 79.9. The zero-order valence-electron chi connectivity index (χ0n) is 18.8. The Morgan fingerprint density at radius 2 is 1.43 bits per heavy atom. The molecule has 172 valence electrons. The molecule has 4 aromatic rings. The average Bonchev–Trinajstić information content (AvgIpc) is 3.34. The average molecular weight is 586 g/mol. The van der Waals surface area contributed by atoms with Gasteiger partial charge in [-0.15, -0.1) is 0 Å². The summed E-state index contributed by atoms with van der Waals surface area (Å²) < 4.78 is 2.01. The lowest BCUT2D eigenvalue weighted by Crippen LogP contribution is -2.18. The van der Waals surface area contributed by atoms with Gasteiger partial charge in [-0.25, -0.2) is 0 Å². The lowest BCUT2D eigenvalue weighted by molar-refractivity contribution is 0.104. The van der Waals surface area contributed by atoms with Crippen LogP contribution in [-0.2, 0) is 0 Å². The van der Waals surface area contributed by atoms with Crippen molar-refractivity contribution in [3.8, 4) is 0 Å². The van der Waals surface area contributed by atoms with Gasteiger partial charge in [-0.3, -0.25) is 9.80 Å². The molecule has 0 aliphatic carbocycles. The minimum Gasteiger partial charge on any atom is -0.289 e. The SMILES string of the molecule is O=C(C=Cc1ccc(N2N=C(c3ccccc3)CC2c2ccc(Br)cc2)cc1)c1ccc(Br)cc1. The summed E-state index contributed by atoms with van der Waals surface area (Å²) >= 11 is 6.94. The molecule has 1 aliphatic heterocycles. The van der Waals surface area contributed by atoms with E-state index < -0.39 is 0 Å². The third kappa shape index (κ3) is 5.53. The molecule has 1 atom stereocenters. The molecular weight excluding hydrogens is 564 g/mol. The van der Waals surface area contributed by atoms with Crippen LogP contribution < -0.4 is 5.01 Å². The second kappa shape index (κ2) is 10.5. The summed E-state index contributed by atoms with van der Waals surface area (Å²) in [5.41, 5.74) is 6.07. The summed E-state index contributed by atoms with van der Waals surface area (Å²) in [6.45, 7) is 0. The third-order valence-electron chi connectivity index (χ3n) is 5.99. The van der Waals surface area contributed by atoms with Crippen molar-refractivity contribution in [2.75, 3.05) is 5.01 Å². The van der Waals surface area contributed by atoms with Crippen molar-refractivity contribution in [3.63, 3.8) is 0 Å². The molecule has 1 unspecified atom stereocenters. The first-order valence-electron chi connectivity index (χ1n) is 11.3. The Kier molecular flexibility index (Phi) is 7.07. The van der Waals surface area contributed by atoms with Gasteiger partial charge in [-0.05, 0) is 71.3 Å². The maximum absolute atomic E-state index is 12.5. The summed E-state index contributed by atoms with van der Waals surface area (Å²) in [6.07, 6.45) is 4.29. The van der Waals surface area contributed by atoms with Crippen LogP contribution in [0.3, 0.4) is 0 Å². The second-order valence-corrected chi connectivity index (χ2v) is 10.2. The van der Waals surface area contributed by atoms with Crippen LogP contribution in [0.1, 0.15) is 39.5 Å². The van der Waals surface area contributed by atoms with E-state index in [9.17, 15) is 4.79 Å². The molecular formula is C30H22Br2N2O. The molecule has 0 aromatic heterocycles. The van der Waals surface area contributed by atoms with Gasteiger partial charge < -0.3 is 0 Å². The molecule has 3 nitrogen and oxygen atoms in total. The Labute approximate surface area is 222 Å². The molecule has 0 fully saturated rings. The highest BCUT2D eigenvalue weighted by Crippen LogP contribution is 2.37. The van der Waals surface area contributed by atoms with E-state index in [-0.39, 0.29) is 11.8 Å². The van der Waals surface area contributed by atoms with Gasteiger partial charge in [-0.1, -0.05) is 92.5 Å². The fraction of sp³-hybridized carbons (Fsp3) is 0.0667. The summed E-state index contributed by atoms with van der Waals surface area (Å²) in [6, 6.07) is 34.4. The van der Waals surface area contributed by atoms with Gasteiger partial charge in [0, 0.05) is 20.9 Å². The van der Waals surface area contributed by atoms with Crippen LogP contribution in [0.4, 0.5) is 5.69 Å². The van der Waals surface area contributed by atoms with E-state index in [1.165, 1.54) is 5.56 Å². The largest absolute Gasteiger partial charge is 0.289 e. The molecule has 1 aliphatic rings. The zero-order valence-corrected chi connectivity index (χ0v) is 22.0. The molecule has 5 heteroatoms. The Morgan fingerprint density at radius 3 is 2.09 bits per heavy atom. The van der Waals surface area contributed by atoms with Gasteiger partial charge in [-0.2, -0.15) is 5.10 Å². The monoisotopic (exact) mass is 584 g/mol. The fourth-order valence-corrected chi connectivity index (χ4v) is 4.65. The van der Waals surface area contributed by atoms with Crippen LogP contribution in [0.25, 0.3) is 6.08 Å². The first kappa shape index (κ1) is 23.5. The van der Waals surface area contributed by atoms with Crippen molar-refractivity contribution >= 4 is 55.1 Å². The molecule has 0 radical (unpaired) electrons. The van der Waals surface area contributed by atoms with Crippen molar-refractivity contribution in [3.05, 3.63) is 140 Å². The standard InChI is InChI=1S/C30H22Br2N2O/c31-25-13-9-23(10-14-25)29-20-28(22-4-2-1-3-5-22)33-34(29)27-17-6-21(7-18-27)8-19-30(35)24-11-15-26(32)16-12-24/h1-19,29H,20H2. The fourth-order valence-electron chi connectivity index (χ4n) is 4.12. The number of carbonyl (C=O) groups excluding carboxylic acids is 1. The van der Waals surface area contributed by atoms with Crippen molar-refractivity contribution in [2.45, 2.75) is 12.5 Å². The maximum Gasteiger partial charge on any atom is 0.185 e. The van der Waals surface area contributed by atoms with Crippen molar-refractivity contribution in [1.82, 2.24) is 0 Å². The van der Waals surface area contributed by atoms with E-state index in [4.69, 9.17) is 5.10 Å². The van der Waals surface area contributed by atoms with Gasteiger partial charge in [0.25, 0.3) is 0 Å². The lowest BCUT2D eigenvalue weighted by atomic mass is 9.98. The van der Waals surface area contributed by atoms with Gasteiger partial charge >= 0.3 is 0 Å². The van der Waals surface area contributed by atoms with E-state index in [0.717, 1.165) is 37.9 Å². The first-order chi connectivity index (χ1) is 17.1. The summed E-state index contributed by atoms with van der Waals surface area (Å²) in [5, 5.41) is 7.12. The number of anilines is 1. The molecule has 1 heterocycles. The Morgan fingerprint density at radius 1 is 0.800 bits per heavy atom. The molecule has 35 heavy (non-hydrogen) atoms. The number of halogens is 2. The molecule has 0 amide bonds. The van der Waals surface area contributed by atoms with Crippen molar-refractivity contribution in [2.24, 2.45) is 5.10 Å². The van der Waals surface area contributed by atoms with Crippen molar-refractivity contribution < 1.29 is 4.79 Å². The number of nitrogens with zero attached hydrogens (tertiary/aromatic N) is 2. The predicted molar refractivity (Wildman–Crippen MR) is 151 cm³/mol. The Bertz CT molecular complexity index is 1380. The molecule has 0 bridgehead atoms. The van der Waals surface area contributed by atoms with Crippen molar-refractivity contribution in [1.29, 1.82) is 0 Å². The molecule has 0 N–H and O–H groups in total. The number of allylic oxidation sites excluding steroid dienone is 1. The number of carbonyl (C=O) groups is 1. The second-order valence-electron chi connectivity index (χ2n) is 8.32. The summed E-state index contributed by atoms with van der Waals surface area (Å²) in [5.74, 6) is -0.0199. The van der Waals surface area contributed by atoms with Gasteiger partial charge in [0.15, 0.2) is 5.78 Å². The molecule has 0 spiro atoms. The third-order valence-corrected chi connectivity index (χ3v) is 7.04. The maximum atomic E-state index is 12.5. The van der Waals surface area contributed by atoms with Crippen LogP contribution in [0.15, 0.2) is 123 Å². The molecule has 0 saturated heterocycles. The van der Waals surface area contributed by atoms with Gasteiger partial charge in [0.2, 0.25) is 0 Å². The molecule has 0 saturated carbocycles. The minimum absolute atomic E-state index is 0.0199. The zero-order chi connectivity index (χ0) is 24.2. The number of rotatable bonds is 6. The van der Waals surface area contributed by atoms with Crippen LogP contribution >= 0.6 is 31.9 Å². The van der Waals surface area contributed by atoms with Gasteiger partial charge in [0.1, 0.15) is 0 Å². The Balaban J connectivity index is 1.39. The highest BCUT2D eigenvalue weighted by molar-refractivity contribution is 9.10. The summed E-state index contributed by atoms with van der Waals surface area (Å²) in [7, 11) is 0. The predicted octanol–water partition coefficient (Wildman–Crippen LogP) is 8.46. The first-order valence-corrected chi connectivity index (χ1v) is 12.9. The molecule has 4 aromatic carbocycles. The summed E-state index contributed by atoms with van der Waals surface area (Å²) in [4.78, 5) is 12.5. The van der Waals surface area contributed by atoms with Crippen LogP contribution in [0.5, 0.6) is 0 Å². The number of ketones is 1. The lowest BCUT2D eigenvalue weighted by Gasteiger charge is -2.24. The molecule has 5 rings (SSSR count). The van der Waals surface area contributed by atoms with E-state index >= 15 is 0 Å². The van der Waals surface area contributed by atoms with E-state index in [0.29, 0.717) is 5.56 Å². The van der Waals surface area contributed by atoms with Crippen LogP contribution in [0.2, 0.25) is 0 Å².